The molecule has 1 fully saturated rings. The Bertz CT molecular complexity index is 250. The number of carboxylic acids is 1. The Morgan fingerprint density at radius 2 is 2.40 bits per heavy atom. The molecule has 4 nitrogen and oxygen atoms in total. The smallest absolute Gasteiger partial charge is 0.328 e. The molecule has 0 aromatic heterocycles. The van der Waals surface area contributed by atoms with Crippen molar-refractivity contribution >= 4 is 5.97 Å². The van der Waals surface area contributed by atoms with Crippen LogP contribution in [-0.4, -0.2) is 36.4 Å². The molecule has 0 aliphatic carbocycles. The third-order valence-electron chi connectivity index (χ3n) is 2.52. The lowest BCUT2D eigenvalue weighted by atomic mass is 10.0. The first-order valence-corrected chi connectivity index (χ1v) is 5.33. The fraction of sp³-hybridized carbons (Fsp3) is 0.727. The third-order valence-corrected chi connectivity index (χ3v) is 2.52. The van der Waals surface area contributed by atoms with Gasteiger partial charge in [-0.15, -0.1) is 0 Å². The van der Waals surface area contributed by atoms with Gasteiger partial charge in [-0.1, -0.05) is 5.57 Å². The Morgan fingerprint density at radius 1 is 1.67 bits per heavy atom. The van der Waals surface area contributed by atoms with Gasteiger partial charge < -0.3 is 15.2 Å². The van der Waals surface area contributed by atoms with Crippen LogP contribution in [0.3, 0.4) is 0 Å². The van der Waals surface area contributed by atoms with E-state index in [4.69, 9.17) is 9.84 Å². The van der Waals surface area contributed by atoms with Crippen LogP contribution in [0.5, 0.6) is 0 Å². The van der Waals surface area contributed by atoms with Crippen molar-refractivity contribution < 1.29 is 14.6 Å². The molecule has 0 radical (unpaired) electrons. The Morgan fingerprint density at radius 3 is 3.00 bits per heavy atom. The molecule has 1 heterocycles. The first kappa shape index (κ1) is 12.2. The van der Waals surface area contributed by atoms with Crippen LogP contribution in [0.4, 0.5) is 0 Å². The average Bonchev–Trinajstić information content (AvgIpc) is 2.14. The summed E-state index contributed by atoms with van der Waals surface area (Å²) >= 11 is 0. The summed E-state index contributed by atoms with van der Waals surface area (Å²) in [6.45, 7) is 5.32. The number of hydrogen-bond donors (Lipinski definition) is 2. The van der Waals surface area contributed by atoms with Crippen molar-refractivity contribution in [1.82, 2.24) is 5.32 Å². The highest BCUT2D eigenvalue weighted by atomic mass is 16.5. The van der Waals surface area contributed by atoms with Crippen LogP contribution in [0.2, 0.25) is 0 Å². The van der Waals surface area contributed by atoms with Crippen molar-refractivity contribution in [2.45, 2.75) is 38.8 Å². The summed E-state index contributed by atoms with van der Waals surface area (Å²) in [6.07, 6.45) is 3.56. The first-order valence-electron chi connectivity index (χ1n) is 5.33. The molecule has 2 N–H and O–H groups in total. The van der Waals surface area contributed by atoms with E-state index >= 15 is 0 Å². The van der Waals surface area contributed by atoms with E-state index in [1.807, 2.05) is 6.92 Å². The van der Waals surface area contributed by atoms with Crippen LogP contribution in [-0.2, 0) is 9.53 Å². The highest BCUT2D eigenvalue weighted by Gasteiger charge is 2.18. The summed E-state index contributed by atoms with van der Waals surface area (Å²) in [5, 5.41) is 11.9. The maximum atomic E-state index is 10.4. The Hall–Kier alpha value is -0.870. The van der Waals surface area contributed by atoms with E-state index in [0.717, 1.165) is 25.0 Å². The molecule has 15 heavy (non-hydrogen) atoms. The maximum absolute atomic E-state index is 10.4. The first-order chi connectivity index (χ1) is 7.08. The van der Waals surface area contributed by atoms with Gasteiger partial charge in [0.1, 0.15) is 0 Å². The molecule has 1 aliphatic rings. The molecular formula is C11H19NO3. The predicted molar refractivity (Wildman–Crippen MR) is 57.8 cm³/mol. The second kappa shape index (κ2) is 5.88. The van der Waals surface area contributed by atoms with E-state index in [0.29, 0.717) is 18.7 Å². The zero-order valence-electron chi connectivity index (χ0n) is 9.32. The lowest BCUT2D eigenvalue weighted by Gasteiger charge is -2.28. The fourth-order valence-electron chi connectivity index (χ4n) is 1.75. The Balaban J connectivity index is 2.27. The molecule has 2 atom stereocenters. The monoisotopic (exact) mass is 213 g/mol. The van der Waals surface area contributed by atoms with Crippen LogP contribution < -0.4 is 5.32 Å². The largest absolute Gasteiger partial charge is 0.478 e. The third kappa shape index (κ3) is 4.95. The highest BCUT2D eigenvalue weighted by Crippen LogP contribution is 2.13. The van der Waals surface area contributed by atoms with E-state index in [2.05, 4.69) is 12.2 Å². The fourth-order valence-corrected chi connectivity index (χ4v) is 1.75. The van der Waals surface area contributed by atoms with Gasteiger partial charge in [0.25, 0.3) is 0 Å². The van der Waals surface area contributed by atoms with E-state index in [9.17, 15) is 4.79 Å². The Kier molecular flexibility index (Phi) is 4.78. The number of nitrogens with one attached hydrogen (secondary N) is 1. The van der Waals surface area contributed by atoms with Gasteiger partial charge in [0.2, 0.25) is 0 Å². The normalized spacial score (nSPS) is 27.7. The molecule has 1 saturated heterocycles. The van der Waals surface area contributed by atoms with Gasteiger partial charge in [0, 0.05) is 25.3 Å². The van der Waals surface area contributed by atoms with Gasteiger partial charge in [-0.2, -0.15) is 0 Å². The van der Waals surface area contributed by atoms with E-state index < -0.39 is 5.97 Å². The summed E-state index contributed by atoms with van der Waals surface area (Å²) < 4.78 is 5.43. The summed E-state index contributed by atoms with van der Waals surface area (Å²) in [5.74, 6) is -0.880. The van der Waals surface area contributed by atoms with E-state index in [1.54, 1.807) is 0 Å². The van der Waals surface area contributed by atoms with Gasteiger partial charge in [-0.05, 0) is 26.7 Å². The SMILES string of the molecule is CC(=CC(=O)O)CNC1CCOC(C)C1. The second-order valence-electron chi connectivity index (χ2n) is 4.11. The molecule has 0 aromatic carbocycles. The van der Waals surface area contributed by atoms with Crippen molar-refractivity contribution in [2.75, 3.05) is 13.2 Å². The summed E-state index contributed by atoms with van der Waals surface area (Å²) in [7, 11) is 0. The molecule has 1 aliphatic heterocycles. The topological polar surface area (TPSA) is 58.6 Å². The van der Waals surface area contributed by atoms with Crippen molar-refractivity contribution in [3.05, 3.63) is 11.6 Å². The molecule has 0 aromatic rings. The molecule has 0 spiro atoms. The van der Waals surface area contributed by atoms with Crippen molar-refractivity contribution in [3.8, 4) is 0 Å². The predicted octanol–water partition coefficient (Wildman–Crippen LogP) is 1.17. The zero-order valence-corrected chi connectivity index (χ0v) is 9.32. The molecule has 0 amide bonds. The van der Waals surface area contributed by atoms with Crippen LogP contribution in [0, 0.1) is 0 Å². The molecule has 2 unspecified atom stereocenters. The summed E-state index contributed by atoms with van der Waals surface area (Å²) in [5.41, 5.74) is 0.849. The average molecular weight is 213 g/mol. The van der Waals surface area contributed by atoms with Crippen LogP contribution in [0.25, 0.3) is 0 Å². The minimum atomic E-state index is -0.880. The minimum Gasteiger partial charge on any atom is -0.478 e. The number of carboxylic acid groups (broad SMARTS) is 1. The molecule has 4 heteroatoms. The molecule has 0 saturated carbocycles. The van der Waals surface area contributed by atoms with E-state index in [1.165, 1.54) is 6.08 Å². The van der Waals surface area contributed by atoms with Gasteiger partial charge in [-0.3, -0.25) is 0 Å². The number of rotatable bonds is 4. The number of aliphatic carboxylic acids is 1. The Labute approximate surface area is 90.3 Å². The van der Waals surface area contributed by atoms with Gasteiger partial charge in [-0.25, -0.2) is 4.79 Å². The lowest BCUT2D eigenvalue weighted by molar-refractivity contribution is -0.131. The van der Waals surface area contributed by atoms with Gasteiger partial charge in [0.05, 0.1) is 6.10 Å². The summed E-state index contributed by atoms with van der Waals surface area (Å²) in [4.78, 5) is 10.4. The molecular weight excluding hydrogens is 194 g/mol. The van der Waals surface area contributed by atoms with Crippen molar-refractivity contribution in [2.24, 2.45) is 0 Å². The van der Waals surface area contributed by atoms with Gasteiger partial charge in [0.15, 0.2) is 0 Å². The maximum Gasteiger partial charge on any atom is 0.328 e. The lowest BCUT2D eigenvalue weighted by Crippen LogP contribution is -2.38. The number of carbonyl (C=O) groups is 1. The van der Waals surface area contributed by atoms with Gasteiger partial charge >= 0.3 is 5.97 Å². The number of hydrogen-bond acceptors (Lipinski definition) is 3. The van der Waals surface area contributed by atoms with Crippen LogP contribution in [0.15, 0.2) is 11.6 Å². The number of ether oxygens (including phenoxy) is 1. The van der Waals surface area contributed by atoms with Crippen molar-refractivity contribution in [1.29, 1.82) is 0 Å². The van der Waals surface area contributed by atoms with E-state index in [-0.39, 0.29) is 0 Å². The standard InChI is InChI=1S/C11H19NO3/c1-8(5-11(13)14)7-12-10-3-4-15-9(2)6-10/h5,9-10,12H,3-4,6-7H2,1-2H3,(H,13,14). The van der Waals surface area contributed by atoms with Crippen molar-refractivity contribution in [3.63, 3.8) is 0 Å². The molecule has 86 valence electrons. The zero-order chi connectivity index (χ0) is 11.3. The second-order valence-corrected chi connectivity index (χ2v) is 4.11. The molecule has 0 bridgehead atoms. The van der Waals surface area contributed by atoms with Crippen LogP contribution in [0.1, 0.15) is 26.7 Å². The minimum absolute atomic E-state index is 0.306. The molecule has 1 rings (SSSR count). The summed E-state index contributed by atoms with van der Waals surface area (Å²) in [6, 6.07) is 0.450. The van der Waals surface area contributed by atoms with Crippen LogP contribution >= 0.6 is 0 Å². The quantitative estimate of drug-likeness (QED) is 0.688. The highest BCUT2D eigenvalue weighted by molar-refractivity contribution is 5.80.